The predicted octanol–water partition coefficient (Wildman–Crippen LogP) is 10.5. The number of nitrogens with zero attached hydrogens (tertiary/aromatic N) is 2. The molecule has 1 aliphatic carbocycles. The zero-order valence-corrected chi connectivity index (χ0v) is 36.4. The van der Waals surface area contributed by atoms with Crippen molar-refractivity contribution in [2.75, 3.05) is 13.1 Å². The van der Waals surface area contributed by atoms with E-state index < -0.39 is 47.4 Å². The van der Waals surface area contributed by atoms with Crippen molar-refractivity contribution in [2.45, 2.75) is 52.9 Å². The van der Waals surface area contributed by atoms with E-state index in [0.717, 1.165) is 22.3 Å². The van der Waals surface area contributed by atoms with Crippen molar-refractivity contribution in [1.29, 1.82) is 0 Å². The molecule has 0 heterocycles. The summed E-state index contributed by atoms with van der Waals surface area (Å²) in [4.78, 5) is 58.4. The Labute approximate surface area is 375 Å². The van der Waals surface area contributed by atoms with Gasteiger partial charge >= 0.3 is 23.8 Å². The zero-order chi connectivity index (χ0) is 45.1. The lowest BCUT2D eigenvalue weighted by atomic mass is 9.54. The van der Waals surface area contributed by atoms with Gasteiger partial charge in [-0.15, -0.1) is 0 Å². The summed E-state index contributed by atoms with van der Waals surface area (Å²) in [7, 11) is 0. The van der Waals surface area contributed by atoms with E-state index in [1.165, 1.54) is 0 Å². The van der Waals surface area contributed by atoms with Crippen LogP contribution in [0.1, 0.15) is 48.9 Å². The molecule has 0 unspecified atom stereocenters. The van der Waals surface area contributed by atoms with Crippen LogP contribution in [0.25, 0.3) is 0 Å². The van der Waals surface area contributed by atoms with Crippen LogP contribution in [0.2, 0.25) is 0 Å². The highest BCUT2D eigenvalue weighted by Crippen LogP contribution is 2.51. The van der Waals surface area contributed by atoms with E-state index in [4.69, 9.17) is 9.47 Å². The number of rotatable bonds is 20. The molecule has 2 amide bonds. The minimum absolute atomic E-state index is 0.186. The maximum atomic E-state index is 15.9. The molecule has 0 aliphatic heterocycles. The molecule has 6 atom stereocenters. The summed E-state index contributed by atoms with van der Waals surface area (Å²) >= 11 is 0. The van der Waals surface area contributed by atoms with Crippen LogP contribution < -0.4 is 9.47 Å². The Morgan fingerprint density at radius 2 is 0.656 bits per heavy atom. The molecule has 0 saturated heterocycles. The molecule has 1 fully saturated rings. The molecule has 7 rings (SSSR count). The van der Waals surface area contributed by atoms with Crippen molar-refractivity contribution >= 4 is 23.8 Å². The average Bonchev–Trinajstić information content (AvgIpc) is 3.28. The maximum absolute atomic E-state index is 15.9. The highest BCUT2D eigenvalue weighted by Gasteiger charge is 2.70. The molecule has 0 radical (unpaired) electrons. The number of ether oxygens (including phenoxy) is 2. The first-order chi connectivity index (χ1) is 31.0. The van der Waals surface area contributed by atoms with Crippen LogP contribution in [0, 0.1) is 23.7 Å². The second-order valence-corrected chi connectivity index (χ2v) is 16.9. The van der Waals surface area contributed by atoms with Crippen molar-refractivity contribution in [3.63, 3.8) is 0 Å². The predicted molar refractivity (Wildman–Crippen MR) is 244 cm³/mol. The Morgan fingerprint density at radius 1 is 0.391 bits per heavy atom. The second-order valence-electron chi connectivity index (χ2n) is 16.9. The molecule has 2 N–H and O–H groups in total. The van der Waals surface area contributed by atoms with E-state index >= 15 is 9.59 Å². The fraction of sp³-hybridized carbons (Fsp3) is 0.259. The van der Waals surface area contributed by atoms with Crippen LogP contribution >= 0.6 is 0 Å². The lowest BCUT2D eigenvalue weighted by molar-refractivity contribution is -0.888. The fourth-order valence-corrected chi connectivity index (χ4v) is 9.57. The Balaban J connectivity index is 1.30. The third kappa shape index (κ3) is 10.3. The fourth-order valence-electron chi connectivity index (χ4n) is 9.57. The van der Waals surface area contributed by atoms with Crippen molar-refractivity contribution in [3.05, 3.63) is 192 Å². The number of hydrogen-bond acceptors (Lipinski definition) is 6. The number of benzene rings is 6. The van der Waals surface area contributed by atoms with E-state index in [1.807, 2.05) is 184 Å². The van der Waals surface area contributed by atoms with Crippen molar-refractivity contribution < 1.29 is 47.8 Å². The van der Waals surface area contributed by atoms with Crippen molar-refractivity contribution in [2.24, 2.45) is 23.7 Å². The van der Waals surface area contributed by atoms with Crippen LogP contribution in [0.4, 0.5) is 0 Å². The molecule has 64 heavy (non-hydrogen) atoms. The smallest absolute Gasteiger partial charge is 0.319 e. The summed E-state index contributed by atoms with van der Waals surface area (Å²) in [5, 5.41) is 21.7. The summed E-state index contributed by atoms with van der Waals surface area (Å²) in [5.41, 5.74) is 3.33. The molecule has 1 saturated carbocycles. The lowest BCUT2D eigenvalue weighted by Gasteiger charge is -2.51. The Morgan fingerprint density at radius 3 is 0.938 bits per heavy atom. The first-order valence-electron chi connectivity index (χ1n) is 22.0. The summed E-state index contributed by atoms with van der Waals surface area (Å²) in [5.74, 6) is -7.17. The number of carbonyl (C=O) groups is 4. The third-order valence-corrected chi connectivity index (χ3v) is 12.4. The van der Waals surface area contributed by atoms with Gasteiger partial charge in [0.2, 0.25) is 0 Å². The van der Waals surface area contributed by atoms with E-state index in [-0.39, 0.29) is 35.1 Å². The van der Waals surface area contributed by atoms with Crippen LogP contribution in [0.15, 0.2) is 170 Å². The first kappa shape index (κ1) is 45.2. The molecule has 328 valence electrons. The van der Waals surface area contributed by atoms with Crippen molar-refractivity contribution in [1.82, 2.24) is 0 Å². The van der Waals surface area contributed by atoms with Crippen molar-refractivity contribution in [3.8, 4) is 23.0 Å². The van der Waals surface area contributed by atoms with Crippen LogP contribution in [0.5, 0.6) is 23.0 Å². The summed E-state index contributed by atoms with van der Waals surface area (Å²) in [6.07, 6.45) is 1.13. The number of aliphatic carboxylic acids is 2. The highest BCUT2D eigenvalue weighted by molar-refractivity contribution is 5.96. The van der Waals surface area contributed by atoms with E-state index in [0.29, 0.717) is 48.9 Å². The lowest BCUT2D eigenvalue weighted by Crippen LogP contribution is -2.70. The van der Waals surface area contributed by atoms with Gasteiger partial charge in [-0.1, -0.05) is 111 Å². The zero-order valence-electron chi connectivity index (χ0n) is 36.4. The first-order valence-corrected chi connectivity index (χ1v) is 22.0. The maximum Gasteiger partial charge on any atom is 0.319 e. The molecular formula is C54H56N2O8+2. The van der Waals surface area contributed by atoms with E-state index in [2.05, 4.69) is 0 Å². The van der Waals surface area contributed by atoms with Gasteiger partial charge in [0.25, 0.3) is 0 Å². The van der Waals surface area contributed by atoms with Crippen LogP contribution in [-0.2, 0) is 45.4 Å². The molecule has 6 aromatic carbocycles. The van der Waals surface area contributed by atoms with E-state index in [1.54, 1.807) is 0 Å². The average molecular weight is 861 g/mol. The summed E-state index contributed by atoms with van der Waals surface area (Å²) in [6, 6.07) is 52.9. The van der Waals surface area contributed by atoms with Gasteiger partial charge in [0.15, 0.2) is 0 Å². The second kappa shape index (κ2) is 20.5. The number of carboxylic acid groups (broad SMARTS) is 2. The Bertz CT molecular complexity index is 2310. The van der Waals surface area contributed by atoms with Gasteiger partial charge < -0.3 is 19.7 Å². The normalized spacial score (nSPS) is 18.7. The Kier molecular flexibility index (Phi) is 14.5. The summed E-state index contributed by atoms with van der Waals surface area (Å²) in [6.45, 7) is 5.40. The van der Waals surface area contributed by atoms with Gasteiger partial charge in [0.05, 0.1) is 24.9 Å². The van der Waals surface area contributed by atoms with Gasteiger partial charge in [-0.05, 0) is 85.6 Å². The number of para-hydroxylation sites is 2. The summed E-state index contributed by atoms with van der Waals surface area (Å²) < 4.78 is 11.7. The third-order valence-electron chi connectivity index (χ3n) is 12.4. The Hall–Kier alpha value is -6.88. The molecule has 10 heteroatoms. The van der Waals surface area contributed by atoms with Gasteiger partial charge in [0, 0.05) is 22.3 Å². The van der Waals surface area contributed by atoms with E-state index in [9.17, 15) is 19.8 Å². The molecule has 1 aliphatic rings. The topological polar surface area (TPSA) is 127 Å². The van der Waals surface area contributed by atoms with Gasteiger partial charge in [-0.25, -0.2) is 9.59 Å². The van der Waals surface area contributed by atoms with Crippen LogP contribution in [-0.4, -0.2) is 56.0 Å². The standard InChI is InChI=1S/C54H54N2O8/c1-3-33-55(35-39-17-9-5-10-18-39,37-41-25-29-45(30-26-41)63-43-21-13-7-14-22-43)51(57)47-48(50(54(61)62)49(47)53(59)60)52(58)56(34-4-2,36-40-19-11-6-12-20-40)38-42-27-31-46(32-28-42)64-44-23-15-8-16-24-44/h5-32,47-50H,3-4,33-38H2,1-2H3/p+2/t47-,48-,49-,50-,55+,56+/m0/s1. The number of quaternary nitrogens is 2. The monoisotopic (exact) mass is 860 g/mol. The SMILES string of the molecule is CCC[N@@+](Cc1ccccc1)(Cc1ccc(Oc2ccccc2)cc1)C(=O)[C@@H]1[C@H](C(=O)O)[C@@H](C(=O)O)[C@H]1C(=O)[N@+](CCC)(Cc1ccccc1)Cc1ccc(Oc2ccccc2)cc1. The quantitative estimate of drug-likeness (QED) is 0.0727. The van der Waals surface area contributed by atoms with Gasteiger partial charge in [-0.3, -0.25) is 18.6 Å². The number of hydrogen-bond donors (Lipinski definition) is 2. The molecule has 6 aromatic rings. The minimum atomic E-state index is -1.61. The van der Waals surface area contributed by atoms with Gasteiger partial charge in [0.1, 0.15) is 61.0 Å². The van der Waals surface area contributed by atoms with Crippen LogP contribution in [0.3, 0.4) is 0 Å². The largest absolute Gasteiger partial charge is 0.481 e. The minimum Gasteiger partial charge on any atom is -0.481 e. The van der Waals surface area contributed by atoms with Gasteiger partial charge in [-0.2, -0.15) is 0 Å². The highest BCUT2D eigenvalue weighted by atomic mass is 16.5. The molecule has 10 nitrogen and oxygen atoms in total. The number of carboxylic acids is 2. The number of amides is 2. The number of carbonyl (C=O) groups excluding carboxylic acids is 2. The molecule has 0 spiro atoms. The molecule has 0 bridgehead atoms. The molecular weight excluding hydrogens is 805 g/mol. The molecule has 0 aromatic heterocycles.